The summed E-state index contributed by atoms with van der Waals surface area (Å²) in [5, 5.41) is 3.40. The number of ether oxygens (including phenoxy) is 1. The lowest BCUT2D eigenvalue weighted by atomic mass is 10.2. The SMILES string of the molecule is CONc1cc(-n2ccn(C3=CCC=C(Oc4ccccc4)C=C3)c2=O)ccc1NCCN(C)C. The van der Waals surface area contributed by atoms with Crippen LogP contribution in [0.1, 0.15) is 6.42 Å². The molecule has 4 rings (SSSR count). The second kappa shape index (κ2) is 11.4. The minimum Gasteiger partial charge on any atom is -0.458 e. The number of hydrogen-bond donors (Lipinski definition) is 2. The third-order valence-electron chi connectivity index (χ3n) is 5.47. The maximum atomic E-state index is 13.3. The summed E-state index contributed by atoms with van der Waals surface area (Å²) in [6.07, 6.45) is 11.9. The highest BCUT2D eigenvalue weighted by Crippen LogP contribution is 2.25. The van der Waals surface area contributed by atoms with Crippen LogP contribution in [0.4, 0.5) is 11.4 Å². The van der Waals surface area contributed by atoms with Crippen LogP contribution in [0.5, 0.6) is 5.75 Å². The molecule has 0 saturated carbocycles. The van der Waals surface area contributed by atoms with Gasteiger partial charge in [0.05, 0.1) is 24.2 Å². The second-order valence-corrected chi connectivity index (χ2v) is 8.31. The number of hydrogen-bond acceptors (Lipinski definition) is 6. The van der Waals surface area contributed by atoms with Gasteiger partial charge in [0, 0.05) is 31.2 Å². The average molecular weight is 474 g/mol. The van der Waals surface area contributed by atoms with Gasteiger partial charge in [-0.25, -0.2) is 4.79 Å². The summed E-state index contributed by atoms with van der Waals surface area (Å²) in [6, 6.07) is 15.4. The van der Waals surface area contributed by atoms with Gasteiger partial charge >= 0.3 is 5.69 Å². The highest BCUT2D eigenvalue weighted by molar-refractivity contribution is 5.71. The van der Waals surface area contributed by atoms with Crippen LogP contribution >= 0.6 is 0 Å². The number of aromatic nitrogens is 2. The van der Waals surface area contributed by atoms with E-state index in [-0.39, 0.29) is 5.69 Å². The molecule has 0 bridgehead atoms. The molecule has 1 aliphatic carbocycles. The minimum absolute atomic E-state index is 0.162. The monoisotopic (exact) mass is 473 g/mol. The van der Waals surface area contributed by atoms with Crippen LogP contribution in [-0.2, 0) is 4.84 Å². The minimum atomic E-state index is -0.162. The molecule has 1 aromatic heterocycles. The van der Waals surface area contributed by atoms with Crippen molar-refractivity contribution in [3.8, 4) is 11.4 Å². The number of anilines is 2. The van der Waals surface area contributed by atoms with Gasteiger partial charge in [0.2, 0.25) is 0 Å². The van der Waals surface area contributed by atoms with E-state index < -0.39 is 0 Å². The number of imidazole rings is 1. The van der Waals surface area contributed by atoms with Crippen molar-refractivity contribution in [2.24, 2.45) is 0 Å². The molecule has 0 fully saturated rings. The maximum absolute atomic E-state index is 13.3. The van der Waals surface area contributed by atoms with Gasteiger partial charge in [-0.1, -0.05) is 24.3 Å². The Morgan fingerprint density at radius 3 is 2.54 bits per heavy atom. The normalized spacial score (nSPS) is 13.3. The number of allylic oxidation sites excluding steroid dienone is 5. The molecule has 2 N–H and O–H groups in total. The molecular formula is C27H31N5O3. The summed E-state index contributed by atoms with van der Waals surface area (Å²) in [4.78, 5) is 20.5. The van der Waals surface area contributed by atoms with Crippen LogP contribution in [-0.4, -0.2) is 48.3 Å². The highest BCUT2D eigenvalue weighted by Gasteiger charge is 2.12. The van der Waals surface area contributed by atoms with Crippen LogP contribution in [0, 0.1) is 0 Å². The van der Waals surface area contributed by atoms with Crippen molar-refractivity contribution < 1.29 is 9.57 Å². The topological polar surface area (TPSA) is 72.7 Å². The number of nitrogens with zero attached hydrogens (tertiary/aromatic N) is 3. The molecule has 2 aromatic carbocycles. The summed E-state index contributed by atoms with van der Waals surface area (Å²) in [7, 11) is 5.62. The molecule has 35 heavy (non-hydrogen) atoms. The molecule has 1 aliphatic rings. The van der Waals surface area contributed by atoms with Crippen molar-refractivity contribution >= 4 is 17.1 Å². The van der Waals surface area contributed by atoms with Gasteiger partial charge in [0.25, 0.3) is 0 Å². The van der Waals surface area contributed by atoms with Crippen LogP contribution in [0.2, 0.25) is 0 Å². The van der Waals surface area contributed by atoms with Crippen molar-refractivity contribution in [3.05, 3.63) is 101 Å². The number of benzene rings is 2. The van der Waals surface area contributed by atoms with E-state index in [2.05, 4.69) is 15.7 Å². The molecule has 1 heterocycles. The Bertz CT molecular complexity index is 1290. The van der Waals surface area contributed by atoms with Gasteiger partial charge in [0.15, 0.2) is 0 Å². The van der Waals surface area contributed by atoms with Crippen molar-refractivity contribution in [2.45, 2.75) is 6.42 Å². The van der Waals surface area contributed by atoms with E-state index in [9.17, 15) is 4.79 Å². The molecule has 0 saturated heterocycles. The molecule has 0 radical (unpaired) electrons. The van der Waals surface area contributed by atoms with Gasteiger partial charge < -0.3 is 15.0 Å². The van der Waals surface area contributed by atoms with Gasteiger partial charge in [-0.3, -0.25) is 19.5 Å². The third kappa shape index (κ3) is 6.11. The summed E-state index contributed by atoms with van der Waals surface area (Å²) in [6.45, 7) is 1.68. The summed E-state index contributed by atoms with van der Waals surface area (Å²) in [5.74, 6) is 1.51. The lowest BCUT2D eigenvalue weighted by Crippen LogP contribution is -2.22. The van der Waals surface area contributed by atoms with Crippen LogP contribution in [0.25, 0.3) is 11.4 Å². The van der Waals surface area contributed by atoms with Crippen molar-refractivity contribution in [1.82, 2.24) is 14.0 Å². The fourth-order valence-electron chi connectivity index (χ4n) is 3.69. The number of rotatable bonds is 10. The largest absolute Gasteiger partial charge is 0.458 e. The van der Waals surface area contributed by atoms with Crippen molar-refractivity contribution in [1.29, 1.82) is 0 Å². The summed E-state index contributed by atoms with van der Waals surface area (Å²) in [5.41, 5.74) is 5.91. The van der Waals surface area contributed by atoms with Gasteiger partial charge in [-0.15, -0.1) is 0 Å². The maximum Gasteiger partial charge on any atom is 0.337 e. The Balaban J connectivity index is 1.53. The first-order valence-electron chi connectivity index (χ1n) is 11.5. The second-order valence-electron chi connectivity index (χ2n) is 8.31. The first kappa shape index (κ1) is 24.1. The molecule has 8 nitrogen and oxygen atoms in total. The van der Waals surface area contributed by atoms with E-state index in [0.717, 1.165) is 47.4 Å². The smallest absolute Gasteiger partial charge is 0.337 e. The van der Waals surface area contributed by atoms with Crippen LogP contribution in [0.15, 0.2) is 95.8 Å². The molecule has 0 atom stereocenters. The average Bonchev–Trinajstić information content (AvgIpc) is 3.08. The number of para-hydroxylation sites is 1. The highest BCUT2D eigenvalue weighted by atomic mass is 16.6. The molecule has 0 unspecified atom stereocenters. The van der Waals surface area contributed by atoms with Gasteiger partial charge in [0.1, 0.15) is 11.5 Å². The fourth-order valence-corrected chi connectivity index (χ4v) is 3.69. The predicted molar refractivity (Wildman–Crippen MR) is 141 cm³/mol. The Kier molecular flexibility index (Phi) is 7.87. The van der Waals surface area contributed by atoms with Crippen LogP contribution < -0.4 is 21.2 Å². The predicted octanol–water partition coefficient (Wildman–Crippen LogP) is 4.35. The number of nitrogens with one attached hydrogen (secondary N) is 2. The summed E-state index contributed by atoms with van der Waals surface area (Å²) >= 11 is 0. The first-order valence-corrected chi connectivity index (χ1v) is 11.5. The Labute approximate surface area is 205 Å². The molecule has 0 aliphatic heterocycles. The zero-order valence-electron chi connectivity index (χ0n) is 20.3. The Morgan fingerprint density at radius 2 is 1.77 bits per heavy atom. The molecule has 3 aromatic rings. The lowest BCUT2D eigenvalue weighted by molar-refractivity contribution is 0.271. The molecule has 182 valence electrons. The fraction of sp³-hybridized carbons (Fsp3) is 0.222. The van der Waals surface area contributed by atoms with Crippen molar-refractivity contribution in [2.75, 3.05) is 45.1 Å². The van der Waals surface area contributed by atoms with Gasteiger partial charge in [-0.05, 0) is 69.1 Å². The zero-order chi connectivity index (χ0) is 24.6. The van der Waals surface area contributed by atoms with E-state index in [0.29, 0.717) is 6.42 Å². The Morgan fingerprint density at radius 1 is 0.971 bits per heavy atom. The van der Waals surface area contributed by atoms with E-state index in [1.807, 2.05) is 86.9 Å². The molecular weight excluding hydrogens is 442 g/mol. The first-order chi connectivity index (χ1) is 17.0. The molecule has 0 spiro atoms. The lowest BCUT2D eigenvalue weighted by Gasteiger charge is -2.16. The van der Waals surface area contributed by atoms with Crippen LogP contribution in [0.3, 0.4) is 0 Å². The van der Waals surface area contributed by atoms with E-state index >= 15 is 0 Å². The van der Waals surface area contributed by atoms with Gasteiger partial charge in [-0.2, -0.15) is 0 Å². The molecule has 0 amide bonds. The number of likely N-dealkylation sites (N-methyl/N-ethyl adjacent to an activating group) is 1. The van der Waals surface area contributed by atoms with Crippen molar-refractivity contribution in [3.63, 3.8) is 0 Å². The third-order valence-corrected chi connectivity index (χ3v) is 5.47. The Hall–Kier alpha value is -4.01. The zero-order valence-corrected chi connectivity index (χ0v) is 20.3. The molecule has 8 heteroatoms. The quantitative estimate of drug-likeness (QED) is 0.427. The van der Waals surface area contributed by atoms with E-state index in [4.69, 9.17) is 9.57 Å². The summed E-state index contributed by atoms with van der Waals surface area (Å²) < 4.78 is 9.17. The standard InChI is InChI=1S/C27H31N5O3/c1-30(2)17-16-28-25-15-13-22(20-26(25)29-34-3)32-19-18-31(27(32)33)21-8-7-11-24(14-12-21)35-23-9-5-4-6-10-23/h4-6,8-15,18-20,28-29H,7,16-17H2,1-3H3. The van der Waals surface area contributed by atoms with E-state index in [1.54, 1.807) is 28.6 Å². The van der Waals surface area contributed by atoms with E-state index in [1.165, 1.54) is 0 Å².